The van der Waals surface area contributed by atoms with Crippen molar-refractivity contribution in [1.82, 2.24) is 14.8 Å². The van der Waals surface area contributed by atoms with Crippen LogP contribution in [0.2, 0.25) is 5.02 Å². The van der Waals surface area contributed by atoms with Crippen LogP contribution in [0, 0.1) is 15.9 Å². The lowest BCUT2D eigenvalue weighted by Gasteiger charge is -2.07. The fraction of sp³-hybridized carbons (Fsp3) is 0.200. The maximum atomic E-state index is 13.3. The van der Waals surface area contributed by atoms with Gasteiger partial charge in [-0.05, 0) is 0 Å². The molecule has 1 aromatic carbocycles. The van der Waals surface area contributed by atoms with Crippen molar-refractivity contribution in [2.45, 2.75) is 6.54 Å². The SMILES string of the molecule is Cn1cnnc1CNc1cc(F)c(Cl)cc1[N+](=O)[O-]. The average molecular weight is 286 g/mol. The lowest BCUT2D eigenvalue weighted by Crippen LogP contribution is -2.07. The Hall–Kier alpha value is -2.22. The quantitative estimate of drug-likeness (QED) is 0.687. The van der Waals surface area contributed by atoms with Crippen LogP contribution < -0.4 is 5.32 Å². The first-order chi connectivity index (χ1) is 8.99. The normalized spacial score (nSPS) is 10.5. The number of nitro benzene ring substituents is 1. The maximum absolute atomic E-state index is 13.3. The molecule has 100 valence electrons. The third-order valence-corrected chi connectivity index (χ3v) is 2.77. The summed E-state index contributed by atoms with van der Waals surface area (Å²) in [5, 5.41) is 20.8. The fourth-order valence-corrected chi connectivity index (χ4v) is 1.63. The Morgan fingerprint density at radius 2 is 2.32 bits per heavy atom. The zero-order valence-electron chi connectivity index (χ0n) is 9.80. The van der Waals surface area contributed by atoms with E-state index in [1.54, 1.807) is 11.6 Å². The predicted octanol–water partition coefficient (Wildman–Crippen LogP) is 2.13. The van der Waals surface area contributed by atoms with Gasteiger partial charge in [0.05, 0.1) is 16.5 Å². The molecule has 0 bridgehead atoms. The van der Waals surface area contributed by atoms with Gasteiger partial charge in [0.2, 0.25) is 0 Å². The number of hydrogen-bond acceptors (Lipinski definition) is 5. The zero-order chi connectivity index (χ0) is 14.0. The van der Waals surface area contributed by atoms with Gasteiger partial charge >= 0.3 is 0 Å². The van der Waals surface area contributed by atoms with Crippen LogP contribution in [0.15, 0.2) is 18.5 Å². The Labute approximate surface area is 112 Å². The molecule has 0 aliphatic heterocycles. The van der Waals surface area contributed by atoms with Crippen molar-refractivity contribution in [1.29, 1.82) is 0 Å². The first-order valence-electron chi connectivity index (χ1n) is 5.19. The Bertz CT molecular complexity index is 630. The standard InChI is InChI=1S/C10H9ClFN5O2/c1-16-5-14-15-10(16)4-13-8-3-7(12)6(11)2-9(8)17(18)19/h2-3,5,13H,4H2,1H3. The number of benzene rings is 1. The summed E-state index contributed by atoms with van der Waals surface area (Å²) in [7, 11) is 1.73. The second-order valence-corrected chi connectivity index (χ2v) is 4.16. The summed E-state index contributed by atoms with van der Waals surface area (Å²) in [5.41, 5.74) is -0.261. The summed E-state index contributed by atoms with van der Waals surface area (Å²) >= 11 is 5.52. The summed E-state index contributed by atoms with van der Waals surface area (Å²) in [6, 6.07) is 1.95. The summed E-state index contributed by atoms with van der Waals surface area (Å²) in [5.74, 6) is -0.169. The van der Waals surface area contributed by atoms with Gasteiger partial charge in [-0.1, -0.05) is 11.6 Å². The average Bonchev–Trinajstić information content (AvgIpc) is 2.75. The number of nitrogens with one attached hydrogen (secondary N) is 1. The lowest BCUT2D eigenvalue weighted by molar-refractivity contribution is -0.384. The van der Waals surface area contributed by atoms with Crippen LogP contribution in [0.1, 0.15) is 5.82 Å². The van der Waals surface area contributed by atoms with Gasteiger partial charge in [-0.15, -0.1) is 10.2 Å². The molecule has 0 spiro atoms. The van der Waals surface area contributed by atoms with Crippen LogP contribution in [-0.2, 0) is 13.6 Å². The van der Waals surface area contributed by atoms with Crippen molar-refractivity contribution in [3.63, 3.8) is 0 Å². The summed E-state index contributed by atoms with van der Waals surface area (Å²) < 4.78 is 15.0. The zero-order valence-corrected chi connectivity index (χ0v) is 10.6. The van der Waals surface area contributed by atoms with Crippen molar-refractivity contribution in [3.05, 3.63) is 45.2 Å². The van der Waals surface area contributed by atoms with E-state index in [0.717, 1.165) is 12.1 Å². The molecule has 0 aliphatic rings. The van der Waals surface area contributed by atoms with Crippen LogP contribution in [0.25, 0.3) is 0 Å². The van der Waals surface area contributed by atoms with Gasteiger partial charge in [-0.3, -0.25) is 10.1 Å². The molecule has 0 unspecified atom stereocenters. The summed E-state index contributed by atoms with van der Waals surface area (Å²) in [6.45, 7) is 0.179. The highest BCUT2D eigenvalue weighted by Gasteiger charge is 2.18. The van der Waals surface area contributed by atoms with Crippen LogP contribution in [-0.4, -0.2) is 19.7 Å². The van der Waals surface area contributed by atoms with Gasteiger partial charge < -0.3 is 9.88 Å². The molecule has 1 N–H and O–H groups in total. The van der Waals surface area contributed by atoms with Gasteiger partial charge in [0, 0.05) is 19.2 Å². The molecule has 0 atom stereocenters. The van der Waals surface area contributed by atoms with Crippen molar-refractivity contribution < 1.29 is 9.31 Å². The molecule has 0 radical (unpaired) electrons. The number of aromatic nitrogens is 3. The van der Waals surface area contributed by atoms with Crippen molar-refractivity contribution >= 4 is 23.0 Å². The highest BCUT2D eigenvalue weighted by Crippen LogP contribution is 2.30. The molecular formula is C10H9ClFN5O2. The van der Waals surface area contributed by atoms with Crippen molar-refractivity contribution in [2.24, 2.45) is 7.05 Å². The van der Waals surface area contributed by atoms with E-state index in [0.29, 0.717) is 5.82 Å². The molecule has 0 amide bonds. The molecule has 9 heteroatoms. The highest BCUT2D eigenvalue weighted by atomic mass is 35.5. The molecule has 2 rings (SSSR count). The van der Waals surface area contributed by atoms with Crippen molar-refractivity contribution in [2.75, 3.05) is 5.32 Å². The highest BCUT2D eigenvalue weighted by molar-refractivity contribution is 6.31. The largest absolute Gasteiger partial charge is 0.372 e. The molecule has 2 aromatic rings. The third kappa shape index (κ3) is 2.79. The number of anilines is 1. The van der Waals surface area contributed by atoms with E-state index in [1.807, 2.05) is 0 Å². The Morgan fingerprint density at radius 1 is 1.58 bits per heavy atom. The number of aryl methyl sites for hydroxylation is 1. The number of rotatable bonds is 4. The monoisotopic (exact) mass is 285 g/mol. The minimum absolute atomic E-state index is 0.0369. The van der Waals surface area contributed by atoms with E-state index in [-0.39, 0.29) is 22.9 Å². The van der Waals surface area contributed by atoms with E-state index >= 15 is 0 Å². The minimum Gasteiger partial charge on any atom is -0.372 e. The Morgan fingerprint density at radius 3 is 2.89 bits per heavy atom. The smallest absolute Gasteiger partial charge is 0.294 e. The van der Waals surface area contributed by atoms with Crippen LogP contribution in [0.3, 0.4) is 0 Å². The second-order valence-electron chi connectivity index (χ2n) is 3.75. The van der Waals surface area contributed by atoms with Gasteiger partial charge in [-0.25, -0.2) is 4.39 Å². The van der Waals surface area contributed by atoms with Crippen LogP contribution >= 0.6 is 11.6 Å². The second kappa shape index (κ2) is 5.19. The number of nitrogens with zero attached hydrogens (tertiary/aromatic N) is 4. The van der Waals surface area contributed by atoms with Crippen LogP contribution in [0.4, 0.5) is 15.8 Å². The molecular weight excluding hydrogens is 277 g/mol. The van der Waals surface area contributed by atoms with Gasteiger partial charge in [0.15, 0.2) is 5.82 Å². The van der Waals surface area contributed by atoms with Crippen molar-refractivity contribution in [3.8, 4) is 0 Å². The Kier molecular flexibility index (Phi) is 3.61. The van der Waals surface area contributed by atoms with Gasteiger partial charge in [0.1, 0.15) is 17.8 Å². The van der Waals surface area contributed by atoms with Gasteiger partial charge in [-0.2, -0.15) is 0 Å². The van der Waals surface area contributed by atoms with E-state index in [2.05, 4.69) is 15.5 Å². The molecule has 1 heterocycles. The predicted molar refractivity (Wildman–Crippen MR) is 66.4 cm³/mol. The van der Waals surface area contributed by atoms with E-state index < -0.39 is 10.7 Å². The summed E-state index contributed by atoms with van der Waals surface area (Å²) in [6.07, 6.45) is 1.49. The molecule has 0 aliphatic carbocycles. The molecule has 0 saturated heterocycles. The van der Waals surface area contributed by atoms with E-state index in [9.17, 15) is 14.5 Å². The molecule has 1 aromatic heterocycles. The third-order valence-electron chi connectivity index (χ3n) is 2.48. The van der Waals surface area contributed by atoms with Gasteiger partial charge in [0.25, 0.3) is 5.69 Å². The minimum atomic E-state index is -0.729. The number of nitro groups is 1. The summed E-state index contributed by atoms with van der Waals surface area (Å²) in [4.78, 5) is 10.2. The fourth-order valence-electron chi connectivity index (χ4n) is 1.47. The molecule has 0 fully saturated rings. The maximum Gasteiger partial charge on any atom is 0.294 e. The first-order valence-corrected chi connectivity index (χ1v) is 5.57. The first kappa shape index (κ1) is 13.2. The Balaban J connectivity index is 2.26. The molecule has 7 nitrogen and oxygen atoms in total. The van der Waals surface area contributed by atoms with E-state index in [1.165, 1.54) is 6.33 Å². The topological polar surface area (TPSA) is 85.9 Å². The van der Waals surface area contributed by atoms with E-state index in [4.69, 9.17) is 11.6 Å². The number of halogens is 2. The van der Waals surface area contributed by atoms with Crippen LogP contribution in [0.5, 0.6) is 0 Å². The lowest BCUT2D eigenvalue weighted by atomic mass is 10.2. The molecule has 0 saturated carbocycles. The molecule has 19 heavy (non-hydrogen) atoms. The number of hydrogen-bond donors (Lipinski definition) is 1.